The van der Waals surface area contributed by atoms with Crippen molar-refractivity contribution in [2.24, 2.45) is 0 Å². The molecule has 1 N–H and O–H groups in total. The van der Waals surface area contributed by atoms with Crippen molar-refractivity contribution in [3.05, 3.63) is 57.1 Å². The Kier molecular flexibility index (Phi) is 6.95. The molecule has 0 unspecified atom stereocenters. The highest BCUT2D eigenvalue weighted by Gasteiger charge is 2.36. The van der Waals surface area contributed by atoms with E-state index in [0.29, 0.717) is 17.8 Å². The van der Waals surface area contributed by atoms with E-state index in [4.69, 9.17) is 0 Å². The third kappa shape index (κ3) is 5.59. The molecule has 4 nitrogen and oxygen atoms in total. The van der Waals surface area contributed by atoms with Gasteiger partial charge in [-0.25, -0.2) is 4.98 Å². The van der Waals surface area contributed by atoms with Gasteiger partial charge < -0.3 is 5.32 Å². The van der Waals surface area contributed by atoms with Crippen LogP contribution in [0, 0.1) is 11.3 Å². The topological polar surface area (TPSA) is 65.8 Å². The second kappa shape index (κ2) is 9.43. The number of hydrogen-bond acceptors (Lipinski definition) is 6. The normalized spacial score (nSPS) is 11.2. The van der Waals surface area contributed by atoms with E-state index in [0.717, 1.165) is 22.7 Å². The fraction of sp³-hybridized carbons (Fsp3) is 0.211. The van der Waals surface area contributed by atoms with E-state index in [9.17, 15) is 23.2 Å². The van der Waals surface area contributed by atoms with Crippen molar-refractivity contribution in [2.75, 3.05) is 12.3 Å². The van der Waals surface area contributed by atoms with E-state index >= 15 is 0 Å². The van der Waals surface area contributed by atoms with Crippen molar-refractivity contribution < 1.29 is 18.0 Å². The molecular formula is C19H14F3N3OS3. The number of pyridine rings is 1. The standard InChI is InChI=1S/C19H14F3N3OS3/c20-19(21,22)14-9-15(16-4-2-8-28-16)25-18(13(14)10-23)29-11-17(26)24-6-5-12-3-1-7-27-12/h1-4,7-9H,5-6,11H2,(H,24,26). The highest BCUT2D eigenvalue weighted by molar-refractivity contribution is 8.00. The molecule has 3 heterocycles. The first kappa shape index (κ1) is 21.4. The smallest absolute Gasteiger partial charge is 0.355 e. The van der Waals surface area contributed by atoms with E-state index < -0.39 is 17.3 Å². The molecule has 0 saturated heterocycles. The summed E-state index contributed by atoms with van der Waals surface area (Å²) in [5.74, 6) is -0.454. The van der Waals surface area contributed by atoms with Crippen LogP contribution in [-0.2, 0) is 17.4 Å². The maximum Gasteiger partial charge on any atom is 0.417 e. The molecule has 0 aliphatic rings. The molecule has 3 aromatic heterocycles. The average molecular weight is 454 g/mol. The van der Waals surface area contributed by atoms with Gasteiger partial charge in [-0.2, -0.15) is 18.4 Å². The van der Waals surface area contributed by atoms with E-state index in [-0.39, 0.29) is 22.4 Å². The number of amides is 1. The van der Waals surface area contributed by atoms with Crippen LogP contribution in [0.25, 0.3) is 10.6 Å². The molecule has 3 aromatic rings. The van der Waals surface area contributed by atoms with Gasteiger partial charge in [0.15, 0.2) is 0 Å². The molecule has 0 aromatic carbocycles. The lowest BCUT2D eigenvalue weighted by atomic mass is 10.1. The minimum absolute atomic E-state index is 0.0980. The summed E-state index contributed by atoms with van der Waals surface area (Å²) in [6.45, 7) is 0.432. The second-order valence-corrected chi connectivity index (χ2v) is 8.73. The number of nitrogens with one attached hydrogen (secondary N) is 1. The second-order valence-electron chi connectivity index (χ2n) is 5.79. The van der Waals surface area contributed by atoms with Crippen LogP contribution in [0.15, 0.2) is 46.1 Å². The fourth-order valence-electron chi connectivity index (χ4n) is 2.47. The molecule has 0 fully saturated rings. The number of alkyl halides is 3. The van der Waals surface area contributed by atoms with Crippen LogP contribution < -0.4 is 5.32 Å². The summed E-state index contributed by atoms with van der Waals surface area (Å²) < 4.78 is 40.4. The Morgan fingerprint density at radius 2 is 2.00 bits per heavy atom. The molecule has 0 saturated carbocycles. The van der Waals surface area contributed by atoms with Gasteiger partial charge in [0.1, 0.15) is 11.1 Å². The molecule has 0 atom stereocenters. The van der Waals surface area contributed by atoms with Crippen molar-refractivity contribution in [2.45, 2.75) is 17.6 Å². The maximum atomic E-state index is 13.5. The number of nitriles is 1. The number of hydrogen-bond donors (Lipinski definition) is 1. The van der Waals surface area contributed by atoms with Crippen LogP contribution in [0.1, 0.15) is 16.0 Å². The largest absolute Gasteiger partial charge is 0.417 e. The van der Waals surface area contributed by atoms with E-state index in [1.807, 2.05) is 17.5 Å². The lowest BCUT2D eigenvalue weighted by molar-refractivity contribution is -0.138. The molecule has 10 heteroatoms. The monoisotopic (exact) mass is 453 g/mol. The van der Waals surface area contributed by atoms with Crippen LogP contribution in [0.3, 0.4) is 0 Å². The molecular weight excluding hydrogens is 439 g/mol. The first-order valence-electron chi connectivity index (χ1n) is 8.36. The zero-order valence-electron chi connectivity index (χ0n) is 14.8. The molecule has 0 radical (unpaired) electrons. The van der Waals surface area contributed by atoms with Crippen LogP contribution in [0.4, 0.5) is 13.2 Å². The average Bonchev–Trinajstić information content (AvgIpc) is 3.39. The Hall–Kier alpha value is -2.35. The SMILES string of the molecule is N#Cc1c(C(F)(F)F)cc(-c2cccs2)nc1SCC(=O)NCCc1cccs1. The summed E-state index contributed by atoms with van der Waals surface area (Å²) in [5.41, 5.74) is -1.47. The first-order valence-corrected chi connectivity index (χ1v) is 11.1. The number of aromatic nitrogens is 1. The van der Waals surface area contributed by atoms with Gasteiger partial charge in [-0.05, 0) is 35.4 Å². The Balaban J connectivity index is 1.75. The first-order chi connectivity index (χ1) is 13.9. The Bertz CT molecular complexity index is 1010. The van der Waals surface area contributed by atoms with E-state index in [1.165, 1.54) is 11.3 Å². The van der Waals surface area contributed by atoms with E-state index in [2.05, 4.69) is 10.3 Å². The minimum atomic E-state index is -4.70. The number of nitrogens with zero attached hydrogens (tertiary/aromatic N) is 2. The van der Waals surface area contributed by atoms with Gasteiger partial charge in [0.05, 0.1) is 27.5 Å². The third-order valence-electron chi connectivity index (χ3n) is 3.79. The van der Waals surface area contributed by atoms with Gasteiger partial charge in [-0.1, -0.05) is 23.9 Å². The summed E-state index contributed by atoms with van der Waals surface area (Å²) in [7, 11) is 0. The van der Waals surface area contributed by atoms with Crippen LogP contribution in [-0.4, -0.2) is 23.2 Å². The van der Waals surface area contributed by atoms with Crippen LogP contribution >= 0.6 is 34.4 Å². The molecule has 0 spiro atoms. The third-order valence-corrected chi connectivity index (χ3v) is 6.59. The Morgan fingerprint density at radius 1 is 1.24 bits per heavy atom. The van der Waals surface area contributed by atoms with Crippen molar-refractivity contribution in [1.82, 2.24) is 10.3 Å². The molecule has 0 bridgehead atoms. The number of thiophene rings is 2. The van der Waals surface area contributed by atoms with Gasteiger partial charge in [-0.3, -0.25) is 4.79 Å². The predicted molar refractivity (Wildman–Crippen MR) is 109 cm³/mol. The quantitative estimate of drug-likeness (QED) is 0.499. The number of rotatable bonds is 7. The lowest BCUT2D eigenvalue weighted by Crippen LogP contribution is -2.27. The van der Waals surface area contributed by atoms with Crippen LogP contribution in [0.2, 0.25) is 0 Å². The van der Waals surface area contributed by atoms with Gasteiger partial charge in [0.2, 0.25) is 5.91 Å². The Morgan fingerprint density at radius 3 is 2.62 bits per heavy atom. The number of carbonyl (C=O) groups excluding carboxylic acids is 1. The summed E-state index contributed by atoms with van der Waals surface area (Å²) in [6.07, 6.45) is -4.01. The number of halogens is 3. The van der Waals surface area contributed by atoms with Crippen LogP contribution in [0.5, 0.6) is 0 Å². The predicted octanol–water partition coefficient (Wildman–Crippen LogP) is 5.21. The summed E-state index contributed by atoms with van der Waals surface area (Å²) >= 11 is 3.67. The van der Waals surface area contributed by atoms with Crippen molar-refractivity contribution >= 4 is 40.3 Å². The van der Waals surface area contributed by atoms with Crippen molar-refractivity contribution in [3.8, 4) is 16.6 Å². The van der Waals surface area contributed by atoms with E-state index in [1.54, 1.807) is 34.9 Å². The number of thioether (sulfide) groups is 1. The molecule has 3 rings (SSSR count). The summed E-state index contributed by atoms with van der Waals surface area (Å²) in [4.78, 5) is 18.0. The molecule has 29 heavy (non-hydrogen) atoms. The van der Waals surface area contributed by atoms with Gasteiger partial charge in [0.25, 0.3) is 0 Å². The Labute approximate surface area is 177 Å². The zero-order chi connectivity index (χ0) is 20.9. The summed E-state index contributed by atoms with van der Waals surface area (Å²) in [6, 6.07) is 9.73. The molecule has 1 amide bonds. The molecule has 150 valence electrons. The van der Waals surface area contributed by atoms with Gasteiger partial charge in [-0.15, -0.1) is 22.7 Å². The fourth-order valence-corrected chi connectivity index (χ4v) is 4.70. The van der Waals surface area contributed by atoms with Gasteiger partial charge in [0, 0.05) is 11.4 Å². The maximum absolute atomic E-state index is 13.5. The molecule has 0 aliphatic heterocycles. The van der Waals surface area contributed by atoms with Crippen molar-refractivity contribution in [1.29, 1.82) is 5.26 Å². The molecule has 0 aliphatic carbocycles. The summed E-state index contributed by atoms with van der Waals surface area (Å²) in [5, 5.41) is 15.6. The zero-order valence-corrected chi connectivity index (χ0v) is 17.3. The van der Waals surface area contributed by atoms with Gasteiger partial charge >= 0.3 is 6.18 Å². The van der Waals surface area contributed by atoms with Crippen molar-refractivity contribution in [3.63, 3.8) is 0 Å². The highest BCUT2D eigenvalue weighted by atomic mass is 32.2. The highest BCUT2D eigenvalue weighted by Crippen LogP contribution is 2.38. The lowest BCUT2D eigenvalue weighted by Gasteiger charge is -2.13. The minimum Gasteiger partial charge on any atom is -0.355 e. The number of carbonyl (C=O) groups is 1.